The predicted octanol–water partition coefficient (Wildman–Crippen LogP) is 3.72. The number of carbonyl (C=O) groups is 2. The van der Waals surface area contributed by atoms with Gasteiger partial charge in [-0.05, 0) is 12.5 Å². The minimum Gasteiger partial charge on any atom is -0.308 e. The Bertz CT molecular complexity index is 917. The zero-order valence-electron chi connectivity index (χ0n) is 15.6. The van der Waals surface area contributed by atoms with Crippen molar-refractivity contribution >= 4 is 17.4 Å². The second-order valence-corrected chi connectivity index (χ2v) is 6.61. The highest BCUT2D eigenvalue weighted by molar-refractivity contribution is 5.95. The van der Waals surface area contributed by atoms with E-state index in [1.807, 2.05) is 90.6 Å². The predicted molar refractivity (Wildman–Crippen MR) is 105 cm³/mol. The summed E-state index contributed by atoms with van der Waals surface area (Å²) in [5, 5.41) is 0. The van der Waals surface area contributed by atoms with E-state index in [0.29, 0.717) is 12.1 Å². The molecule has 1 heterocycles. The average molecular weight is 359 g/mol. The summed E-state index contributed by atoms with van der Waals surface area (Å²) in [5.41, 5.74) is 3.71. The van der Waals surface area contributed by atoms with Gasteiger partial charge in [-0.2, -0.15) is 4.57 Å². The standard InChI is InChI=1S/C23H23N2O2/c1-18-8-10-21(11-9-18)23(27)17-24-14-12-22(13-15-24)25(19(2)26)16-20-6-4-3-5-7-20/h3-15H,16-17H2,1-2H3/q+1. The fraction of sp³-hybridized carbons (Fsp3) is 0.174. The maximum atomic E-state index is 12.4. The number of aryl methyl sites for hydroxylation is 1. The quantitative estimate of drug-likeness (QED) is 0.497. The highest BCUT2D eigenvalue weighted by Gasteiger charge is 2.16. The Morgan fingerprint density at radius 3 is 2.11 bits per heavy atom. The summed E-state index contributed by atoms with van der Waals surface area (Å²) in [6.45, 7) is 4.34. The number of nitrogens with zero attached hydrogens (tertiary/aromatic N) is 2. The third-order valence-corrected chi connectivity index (χ3v) is 4.45. The Hall–Kier alpha value is -3.27. The van der Waals surface area contributed by atoms with Crippen LogP contribution in [0.15, 0.2) is 79.1 Å². The smallest absolute Gasteiger partial charge is 0.227 e. The SMILES string of the molecule is CC(=O)N(Cc1ccccc1)c1cc[n+](CC(=O)c2ccc(C)cc2)cc1. The molecule has 0 spiro atoms. The molecular weight excluding hydrogens is 336 g/mol. The van der Waals surface area contributed by atoms with Crippen molar-refractivity contribution in [3.8, 4) is 0 Å². The minimum absolute atomic E-state index is 0.0210. The molecule has 3 aromatic rings. The molecule has 0 N–H and O–H groups in total. The molecule has 0 radical (unpaired) electrons. The molecule has 0 unspecified atom stereocenters. The molecule has 0 bridgehead atoms. The molecule has 4 nitrogen and oxygen atoms in total. The van der Waals surface area contributed by atoms with Crippen LogP contribution in [0.25, 0.3) is 0 Å². The Balaban J connectivity index is 1.72. The van der Waals surface area contributed by atoms with Crippen LogP contribution in [-0.4, -0.2) is 11.7 Å². The lowest BCUT2D eigenvalue weighted by Gasteiger charge is -2.20. The van der Waals surface area contributed by atoms with Gasteiger partial charge >= 0.3 is 0 Å². The molecule has 1 amide bonds. The minimum atomic E-state index is -0.0210. The van der Waals surface area contributed by atoms with E-state index < -0.39 is 0 Å². The van der Waals surface area contributed by atoms with Crippen molar-refractivity contribution in [1.82, 2.24) is 0 Å². The monoisotopic (exact) mass is 359 g/mol. The Kier molecular flexibility index (Phi) is 5.77. The van der Waals surface area contributed by atoms with Gasteiger partial charge in [-0.25, -0.2) is 0 Å². The molecule has 0 fully saturated rings. The maximum absolute atomic E-state index is 12.4. The second-order valence-electron chi connectivity index (χ2n) is 6.61. The van der Waals surface area contributed by atoms with Gasteiger partial charge in [0.1, 0.15) is 0 Å². The number of carbonyl (C=O) groups excluding carboxylic acids is 2. The average Bonchev–Trinajstić information content (AvgIpc) is 2.68. The van der Waals surface area contributed by atoms with Crippen molar-refractivity contribution in [2.24, 2.45) is 0 Å². The van der Waals surface area contributed by atoms with E-state index in [9.17, 15) is 9.59 Å². The third kappa shape index (κ3) is 4.88. The normalized spacial score (nSPS) is 10.4. The van der Waals surface area contributed by atoms with Crippen LogP contribution in [0.4, 0.5) is 5.69 Å². The molecule has 3 rings (SSSR count). The van der Waals surface area contributed by atoms with Crippen LogP contribution >= 0.6 is 0 Å². The number of amides is 1. The van der Waals surface area contributed by atoms with Gasteiger partial charge in [0, 0.05) is 24.6 Å². The highest BCUT2D eigenvalue weighted by Crippen LogP contribution is 2.16. The first-order chi connectivity index (χ1) is 13.0. The van der Waals surface area contributed by atoms with Gasteiger partial charge in [0.2, 0.25) is 18.2 Å². The number of anilines is 1. The Labute approximate surface area is 159 Å². The van der Waals surface area contributed by atoms with E-state index in [0.717, 1.165) is 16.8 Å². The van der Waals surface area contributed by atoms with Crippen LogP contribution in [0.1, 0.15) is 28.4 Å². The summed E-state index contributed by atoms with van der Waals surface area (Å²) >= 11 is 0. The second kappa shape index (κ2) is 8.41. The number of benzene rings is 2. The molecule has 0 saturated carbocycles. The summed E-state index contributed by atoms with van der Waals surface area (Å²) in [7, 11) is 0. The molecule has 136 valence electrons. The number of Topliss-reactive ketones (excluding diaryl/α,β-unsaturated/α-hetero) is 1. The van der Waals surface area contributed by atoms with Crippen LogP contribution in [0.3, 0.4) is 0 Å². The lowest BCUT2D eigenvalue weighted by molar-refractivity contribution is -0.683. The van der Waals surface area contributed by atoms with Gasteiger partial charge in [-0.1, -0.05) is 60.2 Å². The van der Waals surface area contributed by atoms with Crippen molar-refractivity contribution in [3.63, 3.8) is 0 Å². The van der Waals surface area contributed by atoms with E-state index >= 15 is 0 Å². The van der Waals surface area contributed by atoms with E-state index in [-0.39, 0.29) is 18.2 Å². The molecule has 2 aromatic carbocycles. The molecule has 0 aliphatic rings. The van der Waals surface area contributed by atoms with E-state index in [4.69, 9.17) is 0 Å². The Morgan fingerprint density at radius 1 is 0.889 bits per heavy atom. The maximum Gasteiger partial charge on any atom is 0.227 e. The first-order valence-corrected chi connectivity index (χ1v) is 8.94. The summed E-state index contributed by atoms with van der Waals surface area (Å²) < 4.78 is 1.83. The summed E-state index contributed by atoms with van der Waals surface area (Å²) in [6, 6.07) is 21.2. The van der Waals surface area contributed by atoms with Crippen LogP contribution in [0.5, 0.6) is 0 Å². The molecule has 0 saturated heterocycles. The molecule has 1 aromatic heterocycles. The summed E-state index contributed by atoms with van der Waals surface area (Å²) in [6.07, 6.45) is 3.67. The van der Waals surface area contributed by atoms with Crippen molar-refractivity contribution in [2.45, 2.75) is 26.9 Å². The van der Waals surface area contributed by atoms with E-state index in [1.54, 1.807) is 11.8 Å². The zero-order chi connectivity index (χ0) is 19.2. The molecule has 0 aliphatic heterocycles. The van der Waals surface area contributed by atoms with Crippen molar-refractivity contribution < 1.29 is 14.2 Å². The fourth-order valence-electron chi connectivity index (χ4n) is 2.88. The fourth-order valence-corrected chi connectivity index (χ4v) is 2.88. The van der Waals surface area contributed by atoms with E-state index in [2.05, 4.69) is 0 Å². The number of aromatic nitrogens is 1. The van der Waals surface area contributed by atoms with Gasteiger partial charge in [-0.15, -0.1) is 0 Å². The number of pyridine rings is 1. The summed E-state index contributed by atoms with van der Waals surface area (Å²) in [5.74, 6) is 0.0350. The third-order valence-electron chi connectivity index (χ3n) is 4.45. The number of hydrogen-bond acceptors (Lipinski definition) is 2. The first kappa shape index (κ1) is 18.5. The number of ketones is 1. The van der Waals surface area contributed by atoms with Crippen LogP contribution in [0.2, 0.25) is 0 Å². The van der Waals surface area contributed by atoms with Gasteiger partial charge in [0.15, 0.2) is 12.4 Å². The van der Waals surface area contributed by atoms with Gasteiger partial charge in [-0.3, -0.25) is 9.59 Å². The van der Waals surface area contributed by atoms with Crippen molar-refractivity contribution in [3.05, 3.63) is 95.8 Å². The number of rotatable bonds is 6. The molecule has 4 heteroatoms. The highest BCUT2D eigenvalue weighted by atomic mass is 16.2. The van der Waals surface area contributed by atoms with Crippen molar-refractivity contribution in [1.29, 1.82) is 0 Å². The number of hydrogen-bond donors (Lipinski definition) is 0. The zero-order valence-corrected chi connectivity index (χ0v) is 15.6. The Morgan fingerprint density at radius 2 is 1.52 bits per heavy atom. The van der Waals surface area contributed by atoms with Crippen LogP contribution in [-0.2, 0) is 17.9 Å². The van der Waals surface area contributed by atoms with Gasteiger partial charge in [0.25, 0.3) is 0 Å². The molecular formula is C23H23N2O2+. The summed E-state index contributed by atoms with van der Waals surface area (Å²) in [4.78, 5) is 26.2. The van der Waals surface area contributed by atoms with Crippen molar-refractivity contribution in [2.75, 3.05) is 4.90 Å². The largest absolute Gasteiger partial charge is 0.308 e. The van der Waals surface area contributed by atoms with Crippen LogP contribution < -0.4 is 9.47 Å². The van der Waals surface area contributed by atoms with Crippen LogP contribution in [0, 0.1) is 6.92 Å². The molecule has 27 heavy (non-hydrogen) atoms. The van der Waals surface area contributed by atoms with Gasteiger partial charge in [0.05, 0.1) is 12.2 Å². The lowest BCUT2D eigenvalue weighted by Crippen LogP contribution is -2.38. The molecule has 0 aliphatic carbocycles. The topological polar surface area (TPSA) is 41.3 Å². The first-order valence-electron chi connectivity index (χ1n) is 8.94. The molecule has 0 atom stereocenters. The van der Waals surface area contributed by atoms with Gasteiger partial charge < -0.3 is 4.90 Å². The lowest BCUT2D eigenvalue weighted by atomic mass is 10.1. The van der Waals surface area contributed by atoms with E-state index in [1.165, 1.54) is 0 Å².